The highest BCUT2D eigenvalue weighted by atomic mass is 16.5. The molecule has 4 nitrogen and oxygen atoms in total. The second-order valence-corrected chi connectivity index (χ2v) is 7.72. The number of carbonyl (C=O) groups excluding carboxylic acids is 1. The molecule has 1 amide bonds. The van der Waals surface area contributed by atoms with E-state index in [2.05, 4.69) is 41.7 Å². The Kier molecular flexibility index (Phi) is 6.45. The largest absolute Gasteiger partial charge is 0.449 e. The van der Waals surface area contributed by atoms with Gasteiger partial charge in [-0.1, -0.05) is 78.9 Å². The summed E-state index contributed by atoms with van der Waals surface area (Å²) in [5.41, 5.74) is 6.03. The first-order valence-corrected chi connectivity index (χ1v) is 10.5. The quantitative estimate of drug-likeness (QED) is 0.564. The van der Waals surface area contributed by atoms with Gasteiger partial charge in [-0.3, -0.25) is 0 Å². The highest BCUT2D eigenvalue weighted by molar-refractivity contribution is 5.79. The number of carbonyl (C=O) groups is 1. The minimum absolute atomic E-state index is 0.0552. The van der Waals surface area contributed by atoms with Gasteiger partial charge in [0.1, 0.15) is 6.61 Å². The van der Waals surface area contributed by atoms with Gasteiger partial charge in [0.25, 0.3) is 0 Å². The minimum Gasteiger partial charge on any atom is -0.449 e. The van der Waals surface area contributed by atoms with E-state index >= 15 is 0 Å². The van der Waals surface area contributed by atoms with Crippen LogP contribution >= 0.6 is 0 Å². The number of aliphatic hydroxyl groups excluding tert-OH is 1. The summed E-state index contributed by atoms with van der Waals surface area (Å²) >= 11 is 0. The van der Waals surface area contributed by atoms with Crippen LogP contribution in [0.5, 0.6) is 0 Å². The summed E-state index contributed by atoms with van der Waals surface area (Å²) in [6.45, 7) is 0.697. The Hall–Kier alpha value is -3.11. The molecule has 154 valence electrons. The van der Waals surface area contributed by atoms with Gasteiger partial charge >= 0.3 is 6.09 Å². The number of hydrogen-bond donors (Lipinski definition) is 2. The van der Waals surface area contributed by atoms with Crippen molar-refractivity contribution in [1.29, 1.82) is 0 Å². The monoisotopic (exact) mass is 401 g/mol. The number of fused-ring (bicyclic) bond motifs is 3. The van der Waals surface area contributed by atoms with Crippen LogP contribution in [0.3, 0.4) is 0 Å². The van der Waals surface area contributed by atoms with E-state index in [9.17, 15) is 9.90 Å². The summed E-state index contributed by atoms with van der Waals surface area (Å²) in [5.74, 6) is 0.0552. The van der Waals surface area contributed by atoms with Crippen molar-refractivity contribution in [3.8, 4) is 11.1 Å². The van der Waals surface area contributed by atoms with Crippen molar-refractivity contribution >= 4 is 6.09 Å². The van der Waals surface area contributed by atoms with Gasteiger partial charge in [0.2, 0.25) is 0 Å². The van der Waals surface area contributed by atoms with Gasteiger partial charge < -0.3 is 15.2 Å². The molecule has 1 aliphatic rings. The molecule has 30 heavy (non-hydrogen) atoms. The number of benzene rings is 3. The van der Waals surface area contributed by atoms with Crippen molar-refractivity contribution in [2.24, 2.45) is 0 Å². The summed E-state index contributed by atoms with van der Waals surface area (Å²) in [7, 11) is 0. The van der Waals surface area contributed by atoms with E-state index in [4.69, 9.17) is 4.74 Å². The maximum absolute atomic E-state index is 12.2. The summed E-state index contributed by atoms with van der Waals surface area (Å²) < 4.78 is 5.52. The maximum atomic E-state index is 12.2. The molecule has 0 bridgehead atoms. The highest BCUT2D eigenvalue weighted by Gasteiger charge is 2.28. The molecule has 0 saturated carbocycles. The molecule has 0 saturated heterocycles. The predicted molar refractivity (Wildman–Crippen MR) is 118 cm³/mol. The second-order valence-electron chi connectivity index (χ2n) is 7.72. The Labute approximate surface area is 177 Å². The highest BCUT2D eigenvalue weighted by Crippen LogP contribution is 2.44. The molecule has 0 spiro atoms. The molecule has 1 unspecified atom stereocenters. The molecule has 0 aliphatic heterocycles. The lowest BCUT2D eigenvalue weighted by atomic mass is 9.98. The van der Waals surface area contributed by atoms with E-state index in [1.807, 2.05) is 42.5 Å². The van der Waals surface area contributed by atoms with Crippen molar-refractivity contribution in [2.75, 3.05) is 13.2 Å². The molecule has 1 aliphatic carbocycles. The van der Waals surface area contributed by atoms with Crippen LogP contribution in [0, 0.1) is 0 Å². The number of aryl methyl sites for hydroxylation is 1. The predicted octanol–water partition coefficient (Wildman–Crippen LogP) is 4.91. The second kappa shape index (κ2) is 9.59. The standard InChI is InChI=1S/C26H27NO3/c28-20(15-14-19-8-2-1-3-9-19)16-17-27-26(29)30-18-25-23-12-6-4-10-21(23)22-11-5-7-13-24(22)25/h1-13,20,25,28H,14-18H2,(H,27,29). The van der Waals surface area contributed by atoms with Crippen molar-refractivity contribution in [3.05, 3.63) is 95.6 Å². The van der Waals surface area contributed by atoms with Crippen molar-refractivity contribution < 1.29 is 14.6 Å². The topological polar surface area (TPSA) is 58.6 Å². The van der Waals surface area contributed by atoms with Crippen LogP contribution in [-0.2, 0) is 11.2 Å². The Bertz CT molecular complexity index is 941. The molecule has 3 aromatic rings. The molecule has 2 N–H and O–H groups in total. The summed E-state index contributed by atoms with van der Waals surface area (Å²) in [6, 6.07) is 26.7. The Balaban J connectivity index is 1.23. The first-order valence-electron chi connectivity index (χ1n) is 10.5. The lowest BCUT2D eigenvalue weighted by Gasteiger charge is -2.15. The Morgan fingerprint density at radius 3 is 2.13 bits per heavy atom. The number of alkyl carbamates (subject to hydrolysis) is 1. The maximum Gasteiger partial charge on any atom is 0.407 e. The SMILES string of the molecule is O=C(NCCC(O)CCc1ccccc1)OCC1c2ccccc2-c2ccccc21. The number of nitrogens with one attached hydrogen (secondary N) is 1. The van der Waals surface area contributed by atoms with Crippen molar-refractivity contribution in [1.82, 2.24) is 5.32 Å². The molecule has 4 heteroatoms. The van der Waals surface area contributed by atoms with E-state index in [1.54, 1.807) is 0 Å². The number of aliphatic hydroxyl groups is 1. The molecular weight excluding hydrogens is 374 g/mol. The number of rotatable bonds is 8. The zero-order chi connectivity index (χ0) is 20.8. The fourth-order valence-corrected chi connectivity index (χ4v) is 4.11. The van der Waals surface area contributed by atoms with Gasteiger partial charge in [0.05, 0.1) is 6.10 Å². The fourth-order valence-electron chi connectivity index (χ4n) is 4.11. The van der Waals surface area contributed by atoms with Gasteiger partial charge in [-0.15, -0.1) is 0 Å². The van der Waals surface area contributed by atoms with E-state index in [0.29, 0.717) is 26.0 Å². The molecule has 0 aromatic heterocycles. The first kappa shape index (κ1) is 20.2. The lowest BCUT2D eigenvalue weighted by molar-refractivity contribution is 0.134. The van der Waals surface area contributed by atoms with Gasteiger partial charge in [0, 0.05) is 12.5 Å². The third kappa shape index (κ3) is 4.71. The van der Waals surface area contributed by atoms with Crippen LogP contribution in [0.25, 0.3) is 11.1 Å². The van der Waals surface area contributed by atoms with Gasteiger partial charge in [-0.25, -0.2) is 4.79 Å². The average Bonchev–Trinajstić information content (AvgIpc) is 3.11. The van der Waals surface area contributed by atoms with E-state index < -0.39 is 12.2 Å². The van der Waals surface area contributed by atoms with Crippen LogP contribution in [0.2, 0.25) is 0 Å². The van der Waals surface area contributed by atoms with Crippen molar-refractivity contribution in [2.45, 2.75) is 31.3 Å². The van der Waals surface area contributed by atoms with Crippen LogP contribution in [0.15, 0.2) is 78.9 Å². The van der Waals surface area contributed by atoms with Crippen LogP contribution in [-0.4, -0.2) is 30.5 Å². The molecule has 4 rings (SSSR count). The molecule has 0 fully saturated rings. The van der Waals surface area contributed by atoms with E-state index in [1.165, 1.54) is 27.8 Å². The van der Waals surface area contributed by atoms with Crippen LogP contribution < -0.4 is 5.32 Å². The van der Waals surface area contributed by atoms with Crippen molar-refractivity contribution in [3.63, 3.8) is 0 Å². The normalized spacial score (nSPS) is 13.4. The van der Waals surface area contributed by atoms with E-state index in [-0.39, 0.29) is 5.92 Å². The molecule has 3 aromatic carbocycles. The zero-order valence-corrected chi connectivity index (χ0v) is 17.0. The van der Waals surface area contributed by atoms with Crippen LogP contribution in [0.4, 0.5) is 4.79 Å². The summed E-state index contributed by atoms with van der Waals surface area (Å²) in [5, 5.41) is 12.9. The number of ether oxygens (including phenoxy) is 1. The number of hydrogen-bond acceptors (Lipinski definition) is 3. The molecular formula is C26H27NO3. The Morgan fingerprint density at radius 1 is 0.867 bits per heavy atom. The zero-order valence-electron chi connectivity index (χ0n) is 17.0. The van der Waals surface area contributed by atoms with E-state index in [0.717, 1.165) is 6.42 Å². The third-order valence-corrected chi connectivity index (χ3v) is 5.70. The van der Waals surface area contributed by atoms with Gasteiger partial charge in [-0.2, -0.15) is 0 Å². The minimum atomic E-state index is -0.445. The molecule has 1 atom stereocenters. The number of amides is 1. The Morgan fingerprint density at radius 2 is 1.47 bits per heavy atom. The average molecular weight is 402 g/mol. The fraction of sp³-hybridized carbons (Fsp3) is 0.269. The smallest absolute Gasteiger partial charge is 0.407 e. The van der Waals surface area contributed by atoms with Gasteiger partial charge in [0.15, 0.2) is 0 Å². The van der Waals surface area contributed by atoms with Crippen LogP contribution in [0.1, 0.15) is 35.4 Å². The molecule has 0 radical (unpaired) electrons. The van der Waals surface area contributed by atoms with Gasteiger partial charge in [-0.05, 0) is 47.1 Å². The lowest BCUT2D eigenvalue weighted by Crippen LogP contribution is -2.29. The first-order chi connectivity index (χ1) is 14.7. The summed E-state index contributed by atoms with van der Waals surface area (Å²) in [6.07, 6.45) is 1.13. The third-order valence-electron chi connectivity index (χ3n) is 5.70. The molecule has 0 heterocycles. The summed E-state index contributed by atoms with van der Waals surface area (Å²) in [4.78, 5) is 12.2.